The molecule has 0 amide bonds. The van der Waals surface area contributed by atoms with Crippen LogP contribution in [0.5, 0.6) is 0 Å². The van der Waals surface area contributed by atoms with Gasteiger partial charge in [0.2, 0.25) is 9.84 Å². The zero-order valence-corrected chi connectivity index (χ0v) is 12.8. The number of ether oxygens (including phenoxy) is 1. The Morgan fingerprint density at radius 1 is 1.00 bits per heavy atom. The second-order valence-corrected chi connectivity index (χ2v) is 6.59. The van der Waals surface area contributed by atoms with Gasteiger partial charge in [-0.15, -0.1) is 0 Å². The van der Waals surface area contributed by atoms with E-state index in [0.717, 1.165) is 0 Å². The fourth-order valence-corrected chi connectivity index (χ4v) is 3.12. The van der Waals surface area contributed by atoms with Crippen molar-refractivity contribution in [3.63, 3.8) is 0 Å². The molecule has 0 aliphatic carbocycles. The molecular formula is C15H13ClO4S. The molecule has 110 valence electrons. The van der Waals surface area contributed by atoms with Crippen LogP contribution in [0.15, 0.2) is 58.3 Å². The monoisotopic (exact) mass is 324 g/mol. The maximum absolute atomic E-state index is 12.4. The molecule has 0 aliphatic heterocycles. The van der Waals surface area contributed by atoms with E-state index in [2.05, 4.69) is 0 Å². The van der Waals surface area contributed by atoms with Crippen LogP contribution in [0, 0.1) is 0 Å². The van der Waals surface area contributed by atoms with Crippen molar-refractivity contribution >= 4 is 27.4 Å². The Kier molecular flexibility index (Phi) is 4.65. The number of halogens is 1. The van der Waals surface area contributed by atoms with Gasteiger partial charge >= 0.3 is 5.97 Å². The van der Waals surface area contributed by atoms with Crippen LogP contribution < -0.4 is 0 Å². The van der Waals surface area contributed by atoms with Crippen molar-refractivity contribution in [1.82, 2.24) is 0 Å². The lowest BCUT2D eigenvalue weighted by molar-refractivity contribution is 0.0526. The minimum absolute atomic E-state index is 0.109. The summed E-state index contributed by atoms with van der Waals surface area (Å²) in [4.78, 5) is 11.8. The summed E-state index contributed by atoms with van der Waals surface area (Å²) < 4.78 is 29.6. The molecule has 0 atom stereocenters. The number of carbonyl (C=O) groups excluding carboxylic acids is 1. The smallest absolute Gasteiger partial charge is 0.338 e. The fraction of sp³-hybridized carbons (Fsp3) is 0.133. The van der Waals surface area contributed by atoms with E-state index in [1.54, 1.807) is 6.92 Å². The van der Waals surface area contributed by atoms with Crippen LogP contribution in [0.4, 0.5) is 0 Å². The minimum atomic E-state index is -3.62. The molecule has 0 bridgehead atoms. The van der Waals surface area contributed by atoms with Crippen LogP contribution in [-0.4, -0.2) is 21.0 Å². The number of sulfone groups is 1. The summed E-state index contributed by atoms with van der Waals surface area (Å²) >= 11 is 5.75. The Hall–Kier alpha value is -1.85. The Balaban J connectivity index is 2.33. The Morgan fingerprint density at radius 3 is 1.95 bits per heavy atom. The van der Waals surface area contributed by atoms with Crippen molar-refractivity contribution in [2.45, 2.75) is 16.7 Å². The van der Waals surface area contributed by atoms with Gasteiger partial charge in [0.15, 0.2) is 0 Å². The first-order chi connectivity index (χ1) is 9.95. The maximum atomic E-state index is 12.4. The Morgan fingerprint density at radius 2 is 1.48 bits per heavy atom. The van der Waals surface area contributed by atoms with E-state index in [9.17, 15) is 13.2 Å². The highest BCUT2D eigenvalue weighted by molar-refractivity contribution is 7.91. The first-order valence-electron chi connectivity index (χ1n) is 6.23. The van der Waals surface area contributed by atoms with Gasteiger partial charge in [0.25, 0.3) is 0 Å². The van der Waals surface area contributed by atoms with Crippen LogP contribution >= 0.6 is 11.6 Å². The van der Waals surface area contributed by atoms with Gasteiger partial charge in [0.05, 0.1) is 22.0 Å². The van der Waals surface area contributed by atoms with Crippen LogP contribution in [0.3, 0.4) is 0 Å². The van der Waals surface area contributed by atoms with Gasteiger partial charge < -0.3 is 4.74 Å². The van der Waals surface area contributed by atoms with Crippen molar-refractivity contribution in [1.29, 1.82) is 0 Å². The molecule has 0 N–H and O–H groups in total. The summed E-state index contributed by atoms with van der Waals surface area (Å²) in [6.07, 6.45) is 0. The Bertz CT molecular complexity index is 734. The maximum Gasteiger partial charge on any atom is 0.338 e. The van der Waals surface area contributed by atoms with Gasteiger partial charge in [0.1, 0.15) is 0 Å². The molecule has 0 radical (unpaired) electrons. The molecule has 2 aromatic carbocycles. The number of carbonyl (C=O) groups is 1. The van der Waals surface area contributed by atoms with E-state index in [1.807, 2.05) is 0 Å². The first kappa shape index (κ1) is 15.5. The average Bonchev–Trinajstić information content (AvgIpc) is 2.48. The molecule has 0 fully saturated rings. The van der Waals surface area contributed by atoms with Crippen LogP contribution in [0.1, 0.15) is 17.3 Å². The number of hydrogen-bond acceptors (Lipinski definition) is 4. The number of benzene rings is 2. The molecule has 2 aromatic rings. The molecule has 0 aliphatic rings. The summed E-state index contributed by atoms with van der Waals surface area (Å²) in [5, 5.41) is 0.464. The molecule has 0 aromatic heterocycles. The molecule has 4 nitrogen and oxygen atoms in total. The van der Waals surface area contributed by atoms with E-state index in [0.29, 0.717) is 10.6 Å². The molecule has 21 heavy (non-hydrogen) atoms. The van der Waals surface area contributed by atoms with Crippen molar-refractivity contribution < 1.29 is 17.9 Å². The predicted molar refractivity (Wildman–Crippen MR) is 79.3 cm³/mol. The minimum Gasteiger partial charge on any atom is -0.462 e. The summed E-state index contributed by atoms with van der Waals surface area (Å²) in [5.74, 6) is -0.479. The highest BCUT2D eigenvalue weighted by Gasteiger charge is 2.18. The van der Waals surface area contributed by atoms with E-state index in [4.69, 9.17) is 16.3 Å². The summed E-state index contributed by atoms with van der Waals surface area (Å²) in [5.41, 5.74) is 0.312. The average molecular weight is 325 g/mol. The predicted octanol–water partition coefficient (Wildman–Crippen LogP) is 3.35. The van der Waals surface area contributed by atoms with Gasteiger partial charge in [0, 0.05) is 5.02 Å². The zero-order valence-electron chi connectivity index (χ0n) is 11.2. The third-order valence-corrected chi connectivity index (χ3v) is 4.84. The molecule has 6 heteroatoms. The van der Waals surface area contributed by atoms with Crippen molar-refractivity contribution in [2.24, 2.45) is 0 Å². The van der Waals surface area contributed by atoms with E-state index < -0.39 is 15.8 Å². The van der Waals surface area contributed by atoms with Gasteiger partial charge in [-0.3, -0.25) is 0 Å². The highest BCUT2D eigenvalue weighted by Crippen LogP contribution is 2.22. The van der Waals surface area contributed by atoms with Crippen LogP contribution in [0.2, 0.25) is 5.02 Å². The van der Waals surface area contributed by atoms with E-state index in [1.165, 1.54) is 48.5 Å². The normalized spacial score (nSPS) is 11.1. The topological polar surface area (TPSA) is 60.4 Å². The lowest BCUT2D eigenvalue weighted by Gasteiger charge is -2.06. The second-order valence-electron chi connectivity index (χ2n) is 4.20. The second kappa shape index (κ2) is 6.28. The molecule has 0 heterocycles. The summed E-state index contributed by atoms with van der Waals surface area (Å²) in [6, 6.07) is 11.5. The Labute approximate surface area is 128 Å². The molecule has 0 unspecified atom stereocenters. The van der Waals surface area contributed by atoms with Gasteiger partial charge in [-0.05, 0) is 55.5 Å². The number of esters is 1. The first-order valence-corrected chi connectivity index (χ1v) is 8.09. The summed E-state index contributed by atoms with van der Waals surface area (Å²) in [7, 11) is -3.62. The fourth-order valence-electron chi connectivity index (χ4n) is 1.73. The third-order valence-electron chi connectivity index (χ3n) is 2.80. The summed E-state index contributed by atoms with van der Waals surface area (Å²) in [6.45, 7) is 1.97. The molecular weight excluding hydrogens is 312 g/mol. The van der Waals surface area contributed by atoms with Gasteiger partial charge in [-0.25, -0.2) is 13.2 Å². The number of hydrogen-bond donors (Lipinski definition) is 0. The van der Waals surface area contributed by atoms with E-state index >= 15 is 0 Å². The van der Waals surface area contributed by atoms with Gasteiger partial charge in [-0.2, -0.15) is 0 Å². The molecule has 0 spiro atoms. The lowest BCUT2D eigenvalue weighted by Crippen LogP contribution is -2.06. The van der Waals surface area contributed by atoms with Crippen LogP contribution in [0.25, 0.3) is 0 Å². The largest absolute Gasteiger partial charge is 0.462 e. The quantitative estimate of drug-likeness (QED) is 0.809. The molecule has 0 saturated heterocycles. The van der Waals surface area contributed by atoms with E-state index in [-0.39, 0.29) is 16.4 Å². The SMILES string of the molecule is CCOC(=O)c1ccc(S(=O)(=O)c2ccc(Cl)cc2)cc1. The van der Waals surface area contributed by atoms with Gasteiger partial charge in [-0.1, -0.05) is 11.6 Å². The molecule has 2 rings (SSSR count). The van der Waals surface area contributed by atoms with Crippen molar-refractivity contribution in [3.05, 3.63) is 59.1 Å². The van der Waals surface area contributed by atoms with Crippen molar-refractivity contribution in [3.8, 4) is 0 Å². The zero-order chi connectivity index (χ0) is 15.5. The third kappa shape index (κ3) is 3.43. The molecule has 0 saturated carbocycles. The standard InChI is InChI=1S/C15H13ClO4S/c1-2-20-15(17)11-3-7-13(8-4-11)21(18,19)14-9-5-12(16)6-10-14/h3-10H,2H2,1H3. The highest BCUT2D eigenvalue weighted by atomic mass is 35.5. The van der Waals surface area contributed by atoms with Crippen molar-refractivity contribution in [2.75, 3.05) is 6.61 Å². The lowest BCUT2D eigenvalue weighted by atomic mass is 10.2. The number of rotatable bonds is 4. The van der Waals surface area contributed by atoms with Crippen LogP contribution in [-0.2, 0) is 14.6 Å².